The highest BCUT2D eigenvalue weighted by Gasteiger charge is 2.24. The lowest BCUT2D eigenvalue weighted by Gasteiger charge is -2.20. The van der Waals surface area contributed by atoms with Crippen LogP contribution in [0.4, 0.5) is 9.52 Å². The van der Waals surface area contributed by atoms with E-state index in [9.17, 15) is 17.6 Å². The van der Waals surface area contributed by atoms with Gasteiger partial charge in [-0.05, 0) is 42.5 Å². The van der Waals surface area contributed by atoms with E-state index in [1.165, 1.54) is 46.6 Å². The van der Waals surface area contributed by atoms with Crippen molar-refractivity contribution in [2.75, 3.05) is 11.2 Å². The van der Waals surface area contributed by atoms with E-state index in [0.29, 0.717) is 15.5 Å². The Balaban J connectivity index is 1.80. The van der Waals surface area contributed by atoms with Crippen LogP contribution in [-0.4, -0.2) is 30.5 Å². The Morgan fingerprint density at radius 3 is 2.60 bits per heavy atom. The van der Waals surface area contributed by atoms with Crippen molar-refractivity contribution < 1.29 is 17.6 Å². The Hall–Kier alpha value is -3.17. The average Bonchev–Trinajstić information content (AvgIpc) is 3.17. The minimum atomic E-state index is -3.48. The van der Waals surface area contributed by atoms with Crippen LogP contribution in [0.15, 0.2) is 71.8 Å². The molecule has 0 fully saturated rings. The van der Waals surface area contributed by atoms with E-state index in [1.54, 1.807) is 36.5 Å². The number of nitrogens with zero attached hydrogens (tertiary/aromatic N) is 3. The topological polar surface area (TPSA) is 80.2 Å². The molecule has 9 heteroatoms. The molecule has 152 valence electrons. The number of aromatic nitrogens is 2. The number of benzene rings is 2. The molecule has 2 aromatic heterocycles. The van der Waals surface area contributed by atoms with E-state index in [2.05, 4.69) is 9.97 Å². The molecule has 4 aromatic rings. The first-order chi connectivity index (χ1) is 14.3. The van der Waals surface area contributed by atoms with Gasteiger partial charge in [-0.15, -0.1) is 0 Å². The van der Waals surface area contributed by atoms with Crippen LogP contribution in [0.2, 0.25) is 0 Å². The summed E-state index contributed by atoms with van der Waals surface area (Å²) in [6.07, 6.45) is 2.69. The molecule has 0 saturated heterocycles. The summed E-state index contributed by atoms with van der Waals surface area (Å²) < 4.78 is 38.6. The lowest BCUT2D eigenvalue weighted by Crippen LogP contribution is -2.30. The highest BCUT2D eigenvalue weighted by Crippen LogP contribution is 2.32. The van der Waals surface area contributed by atoms with Crippen LogP contribution in [-0.2, 0) is 16.4 Å². The number of carbonyl (C=O) groups is 1. The van der Waals surface area contributed by atoms with Gasteiger partial charge in [0.1, 0.15) is 11.3 Å². The number of thiazole rings is 1. The van der Waals surface area contributed by atoms with Crippen LogP contribution in [0, 0.1) is 5.82 Å². The Labute approximate surface area is 176 Å². The van der Waals surface area contributed by atoms with Crippen molar-refractivity contribution in [3.8, 4) is 0 Å². The van der Waals surface area contributed by atoms with Crippen LogP contribution in [0.1, 0.15) is 16.1 Å². The van der Waals surface area contributed by atoms with Gasteiger partial charge >= 0.3 is 0 Å². The molecule has 2 heterocycles. The number of para-hydroxylation sites is 1. The Morgan fingerprint density at radius 1 is 1.10 bits per heavy atom. The lowest BCUT2D eigenvalue weighted by molar-refractivity contribution is 0.0984. The zero-order valence-corrected chi connectivity index (χ0v) is 17.5. The lowest BCUT2D eigenvalue weighted by atomic mass is 10.2. The molecule has 2 aromatic carbocycles. The van der Waals surface area contributed by atoms with Gasteiger partial charge in [-0.25, -0.2) is 17.8 Å². The van der Waals surface area contributed by atoms with E-state index >= 15 is 0 Å². The van der Waals surface area contributed by atoms with Gasteiger partial charge < -0.3 is 0 Å². The van der Waals surface area contributed by atoms with E-state index in [0.717, 1.165) is 6.26 Å². The summed E-state index contributed by atoms with van der Waals surface area (Å²) in [5.41, 5.74) is 0.986. The van der Waals surface area contributed by atoms with Crippen LogP contribution in [0.25, 0.3) is 10.2 Å². The molecule has 4 rings (SSSR count). The van der Waals surface area contributed by atoms with Crippen molar-refractivity contribution in [2.45, 2.75) is 11.4 Å². The largest absolute Gasteiger partial charge is 0.278 e. The predicted molar refractivity (Wildman–Crippen MR) is 114 cm³/mol. The first-order valence-electron chi connectivity index (χ1n) is 8.90. The Kier molecular flexibility index (Phi) is 5.31. The van der Waals surface area contributed by atoms with E-state index in [1.807, 2.05) is 0 Å². The number of hydrogen-bond acceptors (Lipinski definition) is 6. The number of amides is 1. The zero-order valence-electron chi connectivity index (χ0n) is 15.8. The molecule has 0 unspecified atom stereocenters. The summed E-state index contributed by atoms with van der Waals surface area (Å²) in [5.74, 6) is -0.926. The number of rotatable bonds is 5. The molecule has 0 aliphatic heterocycles. The fraction of sp³-hybridized carbons (Fsp3) is 0.0952. The van der Waals surface area contributed by atoms with E-state index in [4.69, 9.17) is 0 Å². The molecule has 30 heavy (non-hydrogen) atoms. The van der Waals surface area contributed by atoms with Gasteiger partial charge in [0.15, 0.2) is 15.0 Å². The van der Waals surface area contributed by atoms with Gasteiger partial charge in [0.2, 0.25) is 0 Å². The number of anilines is 1. The quantitative estimate of drug-likeness (QED) is 0.466. The number of sulfone groups is 1. The van der Waals surface area contributed by atoms with Gasteiger partial charge in [-0.3, -0.25) is 14.7 Å². The van der Waals surface area contributed by atoms with Crippen molar-refractivity contribution in [1.82, 2.24) is 9.97 Å². The van der Waals surface area contributed by atoms with Crippen molar-refractivity contribution in [2.24, 2.45) is 0 Å². The minimum absolute atomic E-state index is 0.0430. The molecule has 0 saturated carbocycles. The third-order valence-corrected chi connectivity index (χ3v) is 6.54. The molecule has 0 atom stereocenters. The monoisotopic (exact) mass is 441 g/mol. The van der Waals surface area contributed by atoms with E-state index in [-0.39, 0.29) is 22.5 Å². The van der Waals surface area contributed by atoms with Gasteiger partial charge in [0, 0.05) is 18.0 Å². The molecule has 0 N–H and O–H groups in total. The molecular weight excluding hydrogens is 425 g/mol. The second-order valence-corrected chi connectivity index (χ2v) is 9.62. The summed E-state index contributed by atoms with van der Waals surface area (Å²) in [5, 5.41) is 0.301. The second kappa shape index (κ2) is 7.92. The average molecular weight is 442 g/mol. The second-order valence-electron chi connectivity index (χ2n) is 6.60. The zero-order chi connectivity index (χ0) is 21.3. The third kappa shape index (κ3) is 4.07. The first-order valence-corrected chi connectivity index (χ1v) is 11.6. The standard InChI is InChI=1S/C21H16FN3O3S2/c1-30(27,28)16-8-4-6-14(12-16)20(26)25(13-15-7-2-3-11-23-15)21-24-19-17(22)9-5-10-18(19)29-21/h2-12H,13H2,1H3. The van der Waals surface area contributed by atoms with Crippen LogP contribution >= 0.6 is 11.3 Å². The van der Waals surface area contributed by atoms with Crippen molar-refractivity contribution in [1.29, 1.82) is 0 Å². The fourth-order valence-corrected chi connectivity index (χ4v) is 4.56. The maximum Gasteiger partial charge on any atom is 0.260 e. The highest BCUT2D eigenvalue weighted by molar-refractivity contribution is 7.90. The summed E-state index contributed by atoms with van der Waals surface area (Å²) in [6, 6.07) is 15.8. The van der Waals surface area contributed by atoms with Crippen molar-refractivity contribution >= 4 is 42.4 Å². The molecule has 0 bridgehead atoms. The van der Waals surface area contributed by atoms with Crippen LogP contribution < -0.4 is 4.90 Å². The number of fused-ring (bicyclic) bond motifs is 1. The molecule has 0 radical (unpaired) electrons. The smallest absolute Gasteiger partial charge is 0.260 e. The van der Waals surface area contributed by atoms with Crippen LogP contribution in [0.3, 0.4) is 0 Å². The molecule has 0 aliphatic rings. The summed E-state index contributed by atoms with van der Waals surface area (Å²) in [4.78, 5) is 23.4. The Morgan fingerprint density at radius 2 is 1.90 bits per heavy atom. The van der Waals surface area contributed by atoms with Crippen molar-refractivity contribution in [3.63, 3.8) is 0 Å². The maximum absolute atomic E-state index is 14.2. The van der Waals surface area contributed by atoms with Gasteiger partial charge in [-0.1, -0.05) is 29.5 Å². The number of carbonyl (C=O) groups excluding carboxylic acids is 1. The predicted octanol–water partition coefficient (Wildman–Crippen LogP) is 4.08. The highest BCUT2D eigenvalue weighted by atomic mass is 32.2. The van der Waals surface area contributed by atoms with Crippen LogP contribution in [0.5, 0.6) is 0 Å². The molecular formula is C21H16FN3O3S2. The summed E-state index contributed by atoms with van der Waals surface area (Å²) in [7, 11) is -3.48. The van der Waals surface area contributed by atoms with Gasteiger partial charge in [0.25, 0.3) is 5.91 Å². The fourth-order valence-electron chi connectivity index (χ4n) is 2.91. The molecule has 0 spiro atoms. The number of pyridine rings is 1. The normalized spacial score (nSPS) is 11.5. The van der Waals surface area contributed by atoms with Gasteiger partial charge in [0.05, 0.1) is 21.8 Å². The summed E-state index contributed by atoms with van der Waals surface area (Å²) >= 11 is 1.18. The Bertz CT molecular complexity index is 1340. The third-order valence-electron chi connectivity index (χ3n) is 4.39. The first kappa shape index (κ1) is 20.1. The summed E-state index contributed by atoms with van der Waals surface area (Å²) in [6.45, 7) is 0.101. The molecule has 1 amide bonds. The molecule has 0 aliphatic carbocycles. The van der Waals surface area contributed by atoms with E-state index < -0.39 is 21.6 Å². The molecule has 6 nitrogen and oxygen atoms in total. The maximum atomic E-state index is 14.2. The number of hydrogen-bond donors (Lipinski definition) is 0. The minimum Gasteiger partial charge on any atom is -0.278 e. The number of halogens is 1. The SMILES string of the molecule is CS(=O)(=O)c1cccc(C(=O)N(Cc2ccccn2)c2nc3c(F)cccc3s2)c1. The van der Waals surface area contributed by atoms with Gasteiger partial charge in [-0.2, -0.15) is 0 Å². The van der Waals surface area contributed by atoms with Crippen molar-refractivity contribution in [3.05, 3.63) is 83.9 Å².